The van der Waals surface area contributed by atoms with E-state index in [1.807, 2.05) is 30.3 Å². The van der Waals surface area contributed by atoms with E-state index < -0.39 is 17.8 Å². The second-order valence-corrected chi connectivity index (χ2v) is 6.66. The molecular formula is C24H22FNO4. The van der Waals surface area contributed by atoms with Gasteiger partial charge in [-0.3, -0.25) is 4.79 Å². The first-order valence-corrected chi connectivity index (χ1v) is 9.45. The smallest absolute Gasteiger partial charge is 0.329 e. The maximum Gasteiger partial charge on any atom is 0.329 e. The average Bonchev–Trinajstić information content (AvgIpc) is 2.78. The number of methoxy groups -OCH3 is 1. The minimum atomic E-state index is -0.886. The first kappa shape index (κ1) is 21.0. The lowest BCUT2D eigenvalue weighted by Gasteiger charge is -2.18. The molecule has 3 aromatic carbocycles. The summed E-state index contributed by atoms with van der Waals surface area (Å²) < 4.78 is 24.1. The maximum atomic E-state index is 13.9. The Morgan fingerprint density at radius 1 is 0.933 bits per heavy atom. The van der Waals surface area contributed by atoms with Gasteiger partial charge in [-0.25, -0.2) is 9.18 Å². The Hall–Kier alpha value is -3.67. The first-order valence-electron chi connectivity index (χ1n) is 9.45. The predicted octanol–water partition coefficient (Wildman–Crippen LogP) is 3.92. The van der Waals surface area contributed by atoms with Gasteiger partial charge in [-0.2, -0.15) is 0 Å². The molecule has 30 heavy (non-hydrogen) atoms. The molecule has 3 rings (SSSR count). The summed E-state index contributed by atoms with van der Waals surface area (Å²) >= 11 is 0. The van der Waals surface area contributed by atoms with Crippen LogP contribution in [0, 0.1) is 5.82 Å². The van der Waals surface area contributed by atoms with Crippen molar-refractivity contribution in [1.82, 2.24) is 5.32 Å². The van der Waals surface area contributed by atoms with Crippen molar-refractivity contribution in [3.05, 3.63) is 101 Å². The normalized spacial score (nSPS) is 11.4. The van der Waals surface area contributed by atoms with E-state index >= 15 is 0 Å². The molecule has 0 saturated heterocycles. The van der Waals surface area contributed by atoms with E-state index in [-0.39, 0.29) is 24.7 Å². The molecule has 0 unspecified atom stereocenters. The molecule has 0 spiro atoms. The number of amides is 1. The third-order valence-electron chi connectivity index (χ3n) is 4.51. The van der Waals surface area contributed by atoms with Gasteiger partial charge in [0.2, 0.25) is 0 Å². The quantitative estimate of drug-likeness (QED) is 0.575. The third kappa shape index (κ3) is 5.67. The van der Waals surface area contributed by atoms with Crippen LogP contribution >= 0.6 is 0 Å². The third-order valence-corrected chi connectivity index (χ3v) is 4.51. The Labute approximate surface area is 174 Å². The molecule has 0 heterocycles. The van der Waals surface area contributed by atoms with Crippen LogP contribution in [0.2, 0.25) is 0 Å². The van der Waals surface area contributed by atoms with E-state index in [0.29, 0.717) is 11.1 Å². The van der Waals surface area contributed by atoms with Crippen LogP contribution in [0.15, 0.2) is 78.9 Å². The lowest BCUT2D eigenvalue weighted by molar-refractivity contribution is -0.147. The van der Waals surface area contributed by atoms with Gasteiger partial charge in [-0.1, -0.05) is 54.6 Å². The number of benzene rings is 3. The number of rotatable bonds is 8. The molecule has 6 heteroatoms. The monoisotopic (exact) mass is 407 g/mol. The number of carbonyl (C=O) groups is 2. The van der Waals surface area contributed by atoms with E-state index in [4.69, 9.17) is 9.47 Å². The number of hydrogen-bond acceptors (Lipinski definition) is 4. The second-order valence-electron chi connectivity index (χ2n) is 6.66. The van der Waals surface area contributed by atoms with Gasteiger partial charge in [0.1, 0.15) is 12.6 Å². The Morgan fingerprint density at radius 3 is 2.23 bits per heavy atom. The molecule has 1 N–H and O–H groups in total. The minimum absolute atomic E-state index is 0.113. The zero-order valence-electron chi connectivity index (χ0n) is 16.5. The van der Waals surface area contributed by atoms with Crippen LogP contribution in [0.3, 0.4) is 0 Å². The molecule has 1 amide bonds. The van der Waals surface area contributed by atoms with Crippen LogP contribution in [0.4, 0.5) is 4.39 Å². The number of esters is 1. The lowest BCUT2D eigenvalue weighted by Crippen LogP contribution is -2.43. The summed E-state index contributed by atoms with van der Waals surface area (Å²) in [4.78, 5) is 25.3. The zero-order valence-corrected chi connectivity index (χ0v) is 16.5. The summed E-state index contributed by atoms with van der Waals surface area (Å²) in [7, 11) is 1.38. The largest absolute Gasteiger partial charge is 0.494 e. The molecule has 0 bridgehead atoms. The Morgan fingerprint density at radius 2 is 1.60 bits per heavy atom. The maximum absolute atomic E-state index is 13.9. The summed E-state index contributed by atoms with van der Waals surface area (Å²) in [5, 5.41) is 2.74. The van der Waals surface area contributed by atoms with Crippen LogP contribution in [0.25, 0.3) is 0 Å². The van der Waals surface area contributed by atoms with E-state index in [1.165, 1.54) is 19.2 Å². The SMILES string of the molecule is COc1ccc(COC(=O)[C@H](Cc2ccccc2)NC(=O)c2ccccc2)cc1F. The Balaban J connectivity index is 1.70. The van der Waals surface area contributed by atoms with Gasteiger partial charge in [0.15, 0.2) is 11.6 Å². The topological polar surface area (TPSA) is 64.6 Å². The molecule has 0 aliphatic carbocycles. The molecule has 0 aliphatic heterocycles. The van der Waals surface area contributed by atoms with Gasteiger partial charge in [0, 0.05) is 12.0 Å². The summed E-state index contributed by atoms with van der Waals surface area (Å²) in [6.07, 6.45) is 0.273. The highest BCUT2D eigenvalue weighted by atomic mass is 19.1. The number of ether oxygens (including phenoxy) is 2. The summed E-state index contributed by atoms with van der Waals surface area (Å²) in [6.45, 7) is -0.119. The van der Waals surface area contributed by atoms with E-state index in [1.54, 1.807) is 36.4 Å². The van der Waals surface area contributed by atoms with Crippen LogP contribution < -0.4 is 10.1 Å². The fraction of sp³-hybridized carbons (Fsp3) is 0.167. The fourth-order valence-corrected chi connectivity index (χ4v) is 2.93. The number of hydrogen-bond donors (Lipinski definition) is 1. The van der Waals surface area contributed by atoms with Gasteiger partial charge in [-0.15, -0.1) is 0 Å². The van der Waals surface area contributed by atoms with Crippen molar-refractivity contribution in [2.45, 2.75) is 19.1 Å². The van der Waals surface area contributed by atoms with Gasteiger partial charge in [0.05, 0.1) is 7.11 Å². The molecule has 1 atom stereocenters. The minimum Gasteiger partial charge on any atom is -0.494 e. The molecule has 0 aliphatic rings. The van der Waals surface area contributed by atoms with Crippen LogP contribution in [0.5, 0.6) is 5.75 Å². The zero-order chi connectivity index (χ0) is 21.3. The second kappa shape index (κ2) is 10.2. The highest BCUT2D eigenvalue weighted by Crippen LogP contribution is 2.18. The van der Waals surface area contributed by atoms with Crippen LogP contribution in [-0.2, 0) is 22.6 Å². The number of halogens is 1. The van der Waals surface area contributed by atoms with E-state index in [2.05, 4.69) is 5.32 Å². The summed E-state index contributed by atoms with van der Waals surface area (Å²) in [6, 6.07) is 21.4. The highest BCUT2D eigenvalue weighted by Gasteiger charge is 2.23. The van der Waals surface area contributed by atoms with Crippen molar-refractivity contribution in [2.24, 2.45) is 0 Å². The predicted molar refractivity (Wildman–Crippen MR) is 111 cm³/mol. The van der Waals surface area contributed by atoms with Crippen LogP contribution in [-0.4, -0.2) is 25.0 Å². The molecule has 0 aromatic heterocycles. The van der Waals surface area contributed by atoms with Crippen molar-refractivity contribution in [1.29, 1.82) is 0 Å². The fourth-order valence-electron chi connectivity index (χ4n) is 2.93. The van der Waals surface area contributed by atoms with Gasteiger partial charge in [-0.05, 0) is 35.4 Å². The van der Waals surface area contributed by atoms with Gasteiger partial charge in [0.25, 0.3) is 5.91 Å². The van der Waals surface area contributed by atoms with Gasteiger partial charge < -0.3 is 14.8 Å². The van der Waals surface area contributed by atoms with Crippen molar-refractivity contribution >= 4 is 11.9 Å². The Kier molecular flexibility index (Phi) is 7.16. The van der Waals surface area contributed by atoms with Crippen molar-refractivity contribution in [3.8, 4) is 5.75 Å². The van der Waals surface area contributed by atoms with Crippen molar-refractivity contribution in [2.75, 3.05) is 7.11 Å². The molecule has 5 nitrogen and oxygen atoms in total. The van der Waals surface area contributed by atoms with Crippen molar-refractivity contribution in [3.63, 3.8) is 0 Å². The van der Waals surface area contributed by atoms with Crippen LogP contribution in [0.1, 0.15) is 21.5 Å². The van der Waals surface area contributed by atoms with Crippen molar-refractivity contribution < 1.29 is 23.5 Å². The molecule has 3 aromatic rings. The Bertz CT molecular complexity index is 993. The molecule has 0 radical (unpaired) electrons. The molecule has 0 saturated carbocycles. The molecule has 154 valence electrons. The van der Waals surface area contributed by atoms with Gasteiger partial charge >= 0.3 is 5.97 Å². The lowest BCUT2D eigenvalue weighted by atomic mass is 10.1. The summed E-state index contributed by atoms with van der Waals surface area (Å²) in [5.41, 5.74) is 1.80. The summed E-state index contributed by atoms with van der Waals surface area (Å²) in [5.74, 6) is -1.39. The molecule has 0 fully saturated rings. The average molecular weight is 407 g/mol. The number of carbonyl (C=O) groups excluding carboxylic acids is 2. The van der Waals surface area contributed by atoms with E-state index in [0.717, 1.165) is 5.56 Å². The first-order chi connectivity index (χ1) is 14.6. The highest BCUT2D eigenvalue weighted by molar-refractivity contribution is 5.96. The molecular weight excluding hydrogens is 385 g/mol. The number of nitrogens with one attached hydrogen (secondary N) is 1. The van der Waals surface area contributed by atoms with E-state index in [9.17, 15) is 14.0 Å². The standard InChI is InChI=1S/C24H22FNO4/c1-29-22-13-12-18(14-20(22)25)16-30-24(28)21(15-17-8-4-2-5-9-17)26-23(27)19-10-6-3-7-11-19/h2-14,21H,15-16H2,1H3,(H,26,27)/t21-/m0/s1.